The van der Waals surface area contributed by atoms with Crippen molar-refractivity contribution in [3.8, 4) is 0 Å². The number of aromatic nitrogens is 2. The van der Waals surface area contributed by atoms with Gasteiger partial charge in [0.25, 0.3) is 0 Å². The summed E-state index contributed by atoms with van der Waals surface area (Å²) in [6, 6.07) is 6.38. The summed E-state index contributed by atoms with van der Waals surface area (Å²) in [5.41, 5.74) is 10.8. The average molecular weight is 421 g/mol. The van der Waals surface area contributed by atoms with Gasteiger partial charge < -0.3 is 15.4 Å². The standard InChI is InChI=1S/C24H32N6O/c25-22(20-11-19(12-27-13-20)18-5-4-6-18)15-30(26)24(16-31-17-24)23-8-7-21(14-28-23)29-9-2-1-3-10-29/h7-8,11-15,18H,1-6,9-10,16-17,25-26H2/b22-15-. The molecular weight excluding hydrogens is 388 g/mol. The van der Waals surface area contributed by atoms with E-state index in [0.717, 1.165) is 24.3 Å². The maximum atomic E-state index is 6.53. The van der Waals surface area contributed by atoms with E-state index in [1.807, 2.05) is 12.4 Å². The molecule has 31 heavy (non-hydrogen) atoms. The SMILES string of the molecule is N/C(=C\N(N)C1(c2ccc(N3CCCCC3)cn2)COC1)c1cncc(C2CCC2)c1. The Bertz CT molecular complexity index is 929. The van der Waals surface area contributed by atoms with Gasteiger partial charge in [-0.2, -0.15) is 0 Å². The van der Waals surface area contributed by atoms with Gasteiger partial charge in [-0.25, -0.2) is 5.84 Å². The summed E-state index contributed by atoms with van der Waals surface area (Å²) in [6.45, 7) is 3.18. The van der Waals surface area contributed by atoms with Crippen molar-refractivity contribution in [2.45, 2.75) is 50.0 Å². The Hall–Kier alpha value is -2.64. The second kappa shape index (κ2) is 8.48. The van der Waals surface area contributed by atoms with E-state index in [2.05, 4.69) is 28.1 Å². The van der Waals surface area contributed by atoms with Crippen molar-refractivity contribution in [3.05, 3.63) is 59.8 Å². The highest BCUT2D eigenvalue weighted by Crippen LogP contribution is 2.37. The van der Waals surface area contributed by atoms with Gasteiger partial charge in [0.15, 0.2) is 0 Å². The van der Waals surface area contributed by atoms with E-state index in [1.54, 1.807) is 17.4 Å². The van der Waals surface area contributed by atoms with Gasteiger partial charge in [-0.05, 0) is 61.8 Å². The number of anilines is 1. The molecule has 3 fully saturated rings. The molecule has 2 aliphatic heterocycles. The molecule has 0 amide bonds. The van der Waals surface area contributed by atoms with Gasteiger partial charge in [-0.15, -0.1) is 0 Å². The van der Waals surface area contributed by atoms with Crippen molar-refractivity contribution in [2.75, 3.05) is 31.2 Å². The molecule has 0 radical (unpaired) electrons. The Kier molecular flexibility index (Phi) is 5.54. The molecule has 4 N–H and O–H groups in total. The molecule has 0 unspecified atom stereocenters. The minimum Gasteiger partial charge on any atom is -0.397 e. The van der Waals surface area contributed by atoms with Crippen LogP contribution in [0.3, 0.4) is 0 Å². The molecule has 0 atom stereocenters. The number of ether oxygens (including phenoxy) is 1. The molecular formula is C24H32N6O. The maximum absolute atomic E-state index is 6.53. The Morgan fingerprint density at radius 1 is 1.10 bits per heavy atom. The third-order valence-corrected chi connectivity index (χ3v) is 7.07. The van der Waals surface area contributed by atoms with E-state index < -0.39 is 5.54 Å². The van der Waals surface area contributed by atoms with Crippen LogP contribution in [0, 0.1) is 0 Å². The van der Waals surface area contributed by atoms with Crippen LogP contribution in [0.4, 0.5) is 5.69 Å². The zero-order chi connectivity index (χ0) is 21.3. The van der Waals surface area contributed by atoms with Crippen LogP contribution in [-0.4, -0.2) is 41.3 Å². The smallest absolute Gasteiger partial charge is 0.143 e. The van der Waals surface area contributed by atoms with E-state index >= 15 is 0 Å². The summed E-state index contributed by atoms with van der Waals surface area (Å²) in [6.07, 6.45) is 15.1. The Morgan fingerprint density at radius 2 is 1.90 bits per heavy atom. The highest BCUT2D eigenvalue weighted by Gasteiger charge is 2.45. The van der Waals surface area contributed by atoms with Crippen LogP contribution < -0.4 is 16.5 Å². The molecule has 0 spiro atoms. The molecule has 1 aliphatic carbocycles. The average Bonchev–Trinajstić information content (AvgIpc) is 2.73. The normalized spacial score (nSPS) is 21.3. The van der Waals surface area contributed by atoms with Crippen LogP contribution >= 0.6 is 0 Å². The zero-order valence-electron chi connectivity index (χ0n) is 18.0. The minimum atomic E-state index is -0.496. The molecule has 5 rings (SSSR count). The van der Waals surface area contributed by atoms with Gasteiger partial charge in [0.2, 0.25) is 0 Å². The largest absolute Gasteiger partial charge is 0.397 e. The quantitative estimate of drug-likeness (QED) is 0.548. The van der Waals surface area contributed by atoms with Gasteiger partial charge in [0.05, 0.1) is 36.5 Å². The van der Waals surface area contributed by atoms with Gasteiger partial charge in [0, 0.05) is 37.2 Å². The summed E-state index contributed by atoms with van der Waals surface area (Å²) in [5, 5.41) is 1.67. The third-order valence-electron chi connectivity index (χ3n) is 7.07. The van der Waals surface area contributed by atoms with E-state index in [-0.39, 0.29) is 0 Å². The van der Waals surface area contributed by atoms with E-state index in [4.69, 9.17) is 21.3 Å². The third kappa shape index (κ3) is 3.88. The molecule has 3 aliphatic rings. The fraction of sp³-hybridized carbons (Fsp3) is 0.500. The first kappa shape index (κ1) is 20.3. The van der Waals surface area contributed by atoms with Gasteiger partial charge in [-0.3, -0.25) is 15.0 Å². The number of pyridine rings is 2. The van der Waals surface area contributed by atoms with Crippen LogP contribution in [0.25, 0.3) is 5.70 Å². The summed E-state index contributed by atoms with van der Waals surface area (Å²) >= 11 is 0. The Balaban J connectivity index is 1.35. The van der Waals surface area contributed by atoms with Gasteiger partial charge in [0.1, 0.15) is 5.54 Å². The highest BCUT2D eigenvalue weighted by atomic mass is 16.5. The summed E-state index contributed by atoms with van der Waals surface area (Å²) in [4.78, 5) is 11.6. The van der Waals surface area contributed by atoms with Crippen molar-refractivity contribution >= 4 is 11.4 Å². The lowest BCUT2D eigenvalue weighted by Crippen LogP contribution is -2.60. The lowest BCUT2D eigenvalue weighted by molar-refractivity contribution is -0.133. The minimum absolute atomic E-state index is 0.490. The van der Waals surface area contributed by atoms with E-state index in [1.165, 1.54) is 49.8 Å². The number of hydrogen-bond acceptors (Lipinski definition) is 7. The Morgan fingerprint density at radius 3 is 2.52 bits per heavy atom. The number of hydrazine groups is 1. The lowest BCUT2D eigenvalue weighted by atomic mass is 9.80. The second-order valence-corrected chi connectivity index (χ2v) is 9.10. The van der Waals surface area contributed by atoms with Crippen LogP contribution in [-0.2, 0) is 10.3 Å². The highest BCUT2D eigenvalue weighted by molar-refractivity contribution is 5.62. The number of piperidine rings is 1. The molecule has 1 saturated carbocycles. The van der Waals surface area contributed by atoms with Crippen molar-refractivity contribution in [1.29, 1.82) is 0 Å². The number of nitrogens with two attached hydrogens (primary N) is 2. The predicted molar refractivity (Wildman–Crippen MR) is 122 cm³/mol. The van der Waals surface area contributed by atoms with Gasteiger partial charge in [-0.1, -0.05) is 6.42 Å². The summed E-state index contributed by atoms with van der Waals surface area (Å²) in [7, 11) is 0. The van der Waals surface area contributed by atoms with Crippen LogP contribution in [0.2, 0.25) is 0 Å². The van der Waals surface area contributed by atoms with E-state index in [9.17, 15) is 0 Å². The van der Waals surface area contributed by atoms with Crippen molar-refractivity contribution < 1.29 is 4.74 Å². The first-order valence-corrected chi connectivity index (χ1v) is 11.4. The zero-order valence-corrected chi connectivity index (χ0v) is 18.0. The number of rotatable bonds is 6. The molecule has 7 heteroatoms. The van der Waals surface area contributed by atoms with Crippen LogP contribution in [0.15, 0.2) is 43.0 Å². The van der Waals surface area contributed by atoms with Crippen molar-refractivity contribution in [2.24, 2.45) is 11.6 Å². The Labute approximate surface area is 184 Å². The molecule has 4 heterocycles. The molecule has 0 aromatic carbocycles. The topological polar surface area (TPSA) is 93.5 Å². The molecule has 2 aromatic rings. The number of hydrogen-bond donors (Lipinski definition) is 2. The van der Waals surface area contributed by atoms with Crippen LogP contribution in [0.1, 0.15) is 61.3 Å². The molecule has 0 bridgehead atoms. The molecule has 2 saturated heterocycles. The first-order valence-electron chi connectivity index (χ1n) is 11.4. The first-order chi connectivity index (χ1) is 15.2. The number of nitrogens with zero attached hydrogens (tertiary/aromatic N) is 4. The maximum Gasteiger partial charge on any atom is 0.143 e. The molecule has 7 nitrogen and oxygen atoms in total. The van der Waals surface area contributed by atoms with Crippen molar-refractivity contribution in [1.82, 2.24) is 15.0 Å². The van der Waals surface area contributed by atoms with Gasteiger partial charge >= 0.3 is 0 Å². The van der Waals surface area contributed by atoms with Crippen LogP contribution in [0.5, 0.6) is 0 Å². The summed E-state index contributed by atoms with van der Waals surface area (Å²) < 4.78 is 5.57. The summed E-state index contributed by atoms with van der Waals surface area (Å²) in [5.74, 6) is 7.14. The molecule has 164 valence electrons. The fourth-order valence-corrected chi connectivity index (χ4v) is 4.65. The van der Waals surface area contributed by atoms with Crippen molar-refractivity contribution in [3.63, 3.8) is 0 Å². The predicted octanol–water partition coefficient (Wildman–Crippen LogP) is 3.09. The second-order valence-electron chi connectivity index (χ2n) is 9.10. The fourth-order valence-electron chi connectivity index (χ4n) is 4.65. The molecule has 2 aromatic heterocycles. The lowest BCUT2D eigenvalue weighted by Gasteiger charge is -2.46. The van der Waals surface area contributed by atoms with E-state index in [0.29, 0.717) is 24.8 Å². The monoisotopic (exact) mass is 420 g/mol.